The summed E-state index contributed by atoms with van der Waals surface area (Å²) in [6.45, 7) is 2.42. The van der Waals surface area contributed by atoms with E-state index in [4.69, 9.17) is 0 Å². The minimum absolute atomic E-state index is 0.0136. The lowest BCUT2D eigenvalue weighted by atomic mass is 10.2. The number of carbonyl (C=O) groups excluding carboxylic acids is 1. The van der Waals surface area contributed by atoms with Crippen molar-refractivity contribution in [3.8, 4) is 22.9 Å². The van der Waals surface area contributed by atoms with Crippen LogP contribution in [0.15, 0.2) is 53.7 Å². The van der Waals surface area contributed by atoms with E-state index in [1.54, 1.807) is 28.8 Å². The largest absolute Gasteiger partial charge is 0.573 e. The summed E-state index contributed by atoms with van der Waals surface area (Å²) in [6.07, 6.45) is -4.77. The van der Waals surface area contributed by atoms with Gasteiger partial charge in [0.15, 0.2) is 11.0 Å². The van der Waals surface area contributed by atoms with Gasteiger partial charge >= 0.3 is 6.36 Å². The van der Waals surface area contributed by atoms with E-state index >= 15 is 0 Å². The van der Waals surface area contributed by atoms with E-state index in [9.17, 15) is 23.1 Å². The zero-order valence-electron chi connectivity index (χ0n) is 15.7. The number of alkyl halides is 3. The van der Waals surface area contributed by atoms with Crippen LogP contribution in [0.2, 0.25) is 0 Å². The Bertz CT molecular complexity index is 1020. The Hall–Kier alpha value is -3.21. The second-order valence-corrected chi connectivity index (χ2v) is 6.92. The normalized spacial score (nSPS) is 11.3. The van der Waals surface area contributed by atoms with Gasteiger partial charge in [-0.15, -0.1) is 23.4 Å². The molecule has 3 rings (SSSR count). The van der Waals surface area contributed by atoms with Crippen molar-refractivity contribution in [3.63, 3.8) is 0 Å². The van der Waals surface area contributed by atoms with Gasteiger partial charge in [-0.3, -0.25) is 4.79 Å². The minimum atomic E-state index is -4.77. The molecule has 158 valence electrons. The first kappa shape index (κ1) is 21.5. The highest BCUT2D eigenvalue weighted by atomic mass is 32.2. The SMILES string of the molecule is CCn1c(SCC(=O)Nc2ccc(OC(F)(F)F)cc2)nnc1-c1ccccc1O. The monoisotopic (exact) mass is 438 g/mol. The minimum Gasteiger partial charge on any atom is -0.507 e. The number of halogens is 3. The van der Waals surface area contributed by atoms with Gasteiger partial charge in [-0.2, -0.15) is 0 Å². The standard InChI is InChI=1S/C19H17F3N4O3S/c1-2-26-17(14-5-3-4-6-15(14)27)24-25-18(26)30-11-16(28)23-12-7-9-13(10-8-12)29-19(20,21)22/h3-10,27H,2,11H2,1H3,(H,23,28). The maximum atomic E-state index is 12.2. The number of nitrogens with zero attached hydrogens (tertiary/aromatic N) is 3. The molecule has 0 unspecified atom stereocenters. The lowest BCUT2D eigenvalue weighted by Gasteiger charge is -2.10. The smallest absolute Gasteiger partial charge is 0.507 e. The van der Waals surface area contributed by atoms with E-state index in [0.717, 1.165) is 23.9 Å². The molecule has 0 spiro atoms. The summed E-state index contributed by atoms with van der Waals surface area (Å²) in [5, 5.41) is 21.3. The molecule has 11 heteroatoms. The van der Waals surface area contributed by atoms with Crippen LogP contribution in [0.25, 0.3) is 11.4 Å². The van der Waals surface area contributed by atoms with Crippen LogP contribution < -0.4 is 10.1 Å². The molecule has 30 heavy (non-hydrogen) atoms. The summed E-state index contributed by atoms with van der Waals surface area (Å²) in [5.41, 5.74) is 0.867. The van der Waals surface area contributed by atoms with Gasteiger partial charge in [0.1, 0.15) is 11.5 Å². The maximum Gasteiger partial charge on any atom is 0.573 e. The van der Waals surface area contributed by atoms with E-state index in [1.165, 1.54) is 12.1 Å². The molecule has 0 radical (unpaired) electrons. The van der Waals surface area contributed by atoms with Crippen molar-refractivity contribution in [2.45, 2.75) is 25.0 Å². The Morgan fingerprint density at radius 3 is 2.50 bits per heavy atom. The maximum absolute atomic E-state index is 12.2. The van der Waals surface area contributed by atoms with Gasteiger partial charge in [0.2, 0.25) is 5.91 Å². The molecule has 0 aliphatic rings. The van der Waals surface area contributed by atoms with Gasteiger partial charge < -0.3 is 19.7 Å². The molecule has 7 nitrogen and oxygen atoms in total. The molecule has 2 N–H and O–H groups in total. The molecule has 0 atom stereocenters. The van der Waals surface area contributed by atoms with Gasteiger partial charge in [0, 0.05) is 12.2 Å². The number of nitrogens with one attached hydrogen (secondary N) is 1. The van der Waals surface area contributed by atoms with Gasteiger partial charge in [-0.05, 0) is 43.3 Å². The molecule has 1 heterocycles. The third-order valence-corrected chi connectivity index (χ3v) is 4.85. The molecule has 0 saturated heterocycles. The molecule has 0 fully saturated rings. The topological polar surface area (TPSA) is 89.3 Å². The van der Waals surface area contributed by atoms with Crippen LogP contribution in [0, 0.1) is 0 Å². The van der Waals surface area contributed by atoms with Crippen LogP contribution in [0.3, 0.4) is 0 Å². The molecule has 0 aliphatic carbocycles. The summed E-state index contributed by atoms with van der Waals surface area (Å²) < 4.78 is 42.1. The summed E-state index contributed by atoms with van der Waals surface area (Å²) in [7, 11) is 0. The highest BCUT2D eigenvalue weighted by molar-refractivity contribution is 7.99. The third kappa shape index (κ3) is 5.44. The number of thioether (sulfide) groups is 1. The van der Waals surface area contributed by atoms with Gasteiger partial charge in [-0.1, -0.05) is 23.9 Å². The van der Waals surface area contributed by atoms with E-state index in [2.05, 4.69) is 20.3 Å². The average Bonchev–Trinajstić information content (AvgIpc) is 3.10. The van der Waals surface area contributed by atoms with Crippen molar-refractivity contribution < 1.29 is 27.8 Å². The fourth-order valence-electron chi connectivity index (χ4n) is 2.61. The zero-order valence-corrected chi connectivity index (χ0v) is 16.5. The number of phenolic OH excluding ortho intramolecular Hbond substituents is 1. The summed E-state index contributed by atoms with van der Waals surface area (Å²) in [4.78, 5) is 12.2. The number of hydrogen-bond donors (Lipinski definition) is 2. The van der Waals surface area contributed by atoms with E-state index in [-0.39, 0.29) is 23.2 Å². The number of phenols is 1. The number of benzene rings is 2. The lowest BCUT2D eigenvalue weighted by molar-refractivity contribution is -0.274. The fraction of sp³-hybridized carbons (Fsp3) is 0.211. The van der Waals surface area contributed by atoms with Crippen molar-refractivity contribution in [2.24, 2.45) is 0 Å². The van der Waals surface area contributed by atoms with E-state index < -0.39 is 6.36 Å². The molecule has 2 aromatic carbocycles. The van der Waals surface area contributed by atoms with E-state index in [0.29, 0.717) is 28.8 Å². The Morgan fingerprint density at radius 2 is 1.87 bits per heavy atom. The predicted molar refractivity (Wildman–Crippen MR) is 105 cm³/mol. The Labute approximate surface area is 173 Å². The predicted octanol–water partition coefficient (Wildman–Crippen LogP) is 4.30. The second-order valence-electron chi connectivity index (χ2n) is 5.98. The van der Waals surface area contributed by atoms with Gasteiger partial charge in [0.05, 0.1) is 11.3 Å². The number of aromatic hydroxyl groups is 1. The van der Waals surface area contributed by atoms with Crippen molar-refractivity contribution in [1.82, 2.24) is 14.8 Å². The first-order valence-electron chi connectivity index (χ1n) is 8.77. The number of carbonyl (C=O) groups is 1. The molecule has 0 aliphatic heterocycles. The number of amides is 1. The summed E-state index contributed by atoms with van der Waals surface area (Å²) in [5.74, 6) is -0.160. The Morgan fingerprint density at radius 1 is 1.17 bits per heavy atom. The summed E-state index contributed by atoms with van der Waals surface area (Å²) >= 11 is 1.15. The van der Waals surface area contributed by atoms with E-state index in [1.807, 2.05) is 6.92 Å². The lowest BCUT2D eigenvalue weighted by Crippen LogP contribution is -2.17. The first-order valence-corrected chi connectivity index (χ1v) is 9.75. The van der Waals surface area contributed by atoms with Crippen molar-refractivity contribution in [3.05, 3.63) is 48.5 Å². The number of ether oxygens (including phenoxy) is 1. The van der Waals surface area contributed by atoms with Crippen molar-refractivity contribution in [1.29, 1.82) is 0 Å². The number of hydrogen-bond acceptors (Lipinski definition) is 6. The molecular weight excluding hydrogens is 421 g/mol. The van der Waals surface area contributed by atoms with Gasteiger partial charge in [-0.25, -0.2) is 0 Å². The van der Waals surface area contributed by atoms with Crippen LogP contribution in [0.4, 0.5) is 18.9 Å². The van der Waals surface area contributed by atoms with Crippen molar-refractivity contribution >= 4 is 23.4 Å². The Balaban J connectivity index is 1.62. The number of rotatable bonds is 7. The molecule has 1 amide bonds. The van der Waals surface area contributed by atoms with Gasteiger partial charge in [0.25, 0.3) is 0 Å². The number of aromatic nitrogens is 3. The van der Waals surface area contributed by atoms with Crippen LogP contribution >= 0.6 is 11.8 Å². The molecular formula is C19H17F3N4O3S. The Kier molecular flexibility index (Phi) is 6.50. The number of anilines is 1. The zero-order chi connectivity index (χ0) is 21.7. The fourth-order valence-corrected chi connectivity index (χ4v) is 3.41. The first-order chi connectivity index (χ1) is 14.3. The quantitative estimate of drug-likeness (QED) is 0.535. The molecule has 0 saturated carbocycles. The average molecular weight is 438 g/mol. The third-order valence-electron chi connectivity index (χ3n) is 3.88. The molecule has 0 bridgehead atoms. The van der Waals surface area contributed by atoms with Crippen LogP contribution in [-0.4, -0.2) is 37.9 Å². The van der Waals surface area contributed by atoms with Crippen molar-refractivity contribution in [2.75, 3.05) is 11.1 Å². The van der Waals surface area contributed by atoms with Crippen LogP contribution in [-0.2, 0) is 11.3 Å². The molecule has 1 aromatic heterocycles. The molecule has 3 aromatic rings. The van der Waals surface area contributed by atoms with Crippen LogP contribution in [0.5, 0.6) is 11.5 Å². The van der Waals surface area contributed by atoms with Crippen LogP contribution in [0.1, 0.15) is 6.92 Å². The second kappa shape index (κ2) is 9.08. The highest BCUT2D eigenvalue weighted by Gasteiger charge is 2.31. The number of para-hydroxylation sites is 1. The summed E-state index contributed by atoms with van der Waals surface area (Å²) in [6, 6.07) is 11.6. The highest BCUT2D eigenvalue weighted by Crippen LogP contribution is 2.30.